The van der Waals surface area contributed by atoms with Crippen molar-refractivity contribution >= 4 is 50.8 Å². The molecule has 2 unspecified atom stereocenters. The summed E-state index contributed by atoms with van der Waals surface area (Å²) >= 11 is 6.95. The van der Waals surface area contributed by atoms with Gasteiger partial charge >= 0.3 is 0 Å². The van der Waals surface area contributed by atoms with Crippen molar-refractivity contribution in [3.63, 3.8) is 0 Å². The molecule has 2 aromatic carbocycles. The summed E-state index contributed by atoms with van der Waals surface area (Å²) in [5.41, 5.74) is 8.46. The van der Waals surface area contributed by atoms with E-state index in [0.717, 1.165) is 120 Å². The van der Waals surface area contributed by atoms with Crippen molar-refractivity contribution in [3.05, 3.63) is 101 Å². The number of nitrogens with zero attached hydrogens (tertiary/aromatic N) is 7. The molecule has 1 aliphatic carbocycles. The van der Waals surface area contributed by atoms with Crippen molar-refractivity contribution in [1.82, 2.24) is 29.7 Å². The highest BCUT2D eigenvalue weighted by Gasteiger charge is 2.53. The van der Waals surface area contributed by atoms with Crippen molar-refractivity contribution in [2.24, 2.45) is 11.8 Å². The van der Waals surface area contributed by atoms with Crippen LogP contribution in [0.5, 0.6) is 11.8 Å². The smallest absolute Gasteiger partial charge is 0.239 e. The Labute approximate surface area is 430 Å². The van der Waals surface area contributed by atoms with E-state index in [0.29, 0.717) is 81.0 Å². The molecule has 380 valence electrons. The van der Waals surface area contributed by atoms with Crippen LogP contribution in [-0.2, 0) is 31.6 Å². The molecule has 6 aromatic rings. The Morgan fingerprint density at radius 3 is 2.11 bits per heavy atom. The first-order valence-electron chi connectivity index (χ1n) is 26.4. The van der Waals surface area contributed by atoms with Crippen molar-refractivity contribution in [3.8, 4) is 34.0 Å². The zero-order valence-corrected chi connectivity index (χ0v) is 44.2. The summed E-state index contributed by atoms with van der Waals surface area (Å²) < 4.78 is 17.9. The van der Waals surface area contributed by atoms with Gasteiger partial charge in [-0.3, -0.25) is 29.4 Å². The molecule has 1 amide bonds. The summed E-state index contributed by atoms with van der Waals surface area (Å²) in [4.78, 5) is 54.6. The number of halogens is 1. The topological polar surface area (TPSA) is 123 Å². The van der Waals surface area contributed by atoms with Gasteiger partial charge in [0.25, 0.3) is 0 Å². The molecule has 6 heterocycles. The van der Waals surface area contributed by atoms with Gasteiger partial charge in [-0.25, -0.2) is 9.97 Å². The SMILES string of the molecule is CCCC1(CCCC(C)C)C(=O)C(CC)Cc2cnc3ccc(-c4ccc(OCCCN(C)CN5C(=O)C6(CCOCC6)c6c5cnc5cc(Cl)c(-c7ccc(OCCCN(C)C)nc7)cc65)nc4)cc3c21. The van der Waals surface area contributed by atoms with Gasteiger partial charge in [-0.05, 0) is 132 Å². The summed E-state index contributed by atoms with van der Waals surface area (Å²) in [6.07, 6.45) is 16.8. The lowest BCUT2D eigenvalue weighted by Gasteiger charge is -2.42. The minimum atomic E-state index is -0.725. The molecule has 3 aliphatic rings. The number of amides is 1. The molecule has 0 N–H and O–H groups in total. The molecule has 13 heteroatoms. The third-order valence-electron chi connectivity index (χ3n) is 15.4. The number of anilines is 1. The molecular formula is C59H72ClN7O5. The Morgan fingerprint density at radius 2 is 1.44 bits per heavy atom. The molecule has 9 rings (SSSR count). The number of pyridine rings is 4. The minimum Gasteiger partial charge on any atom is -0.478 e. The molecule has 72 heavy (non-hydrogen) atoms. The van der Waals surface area contributed by atoms with Crippen LogP contribution in [0.1, 0.15) is 109 Å². The van der Waals surface area contributed by atoms with Crippen LogP contribution in [0.3, 0.4) is 0 Å². The lowest BCUT2D eigenvalue weighted by molar-refractivity contribution is -0.130. The van der Waals surface area contributed by atoms with Gasteiger partial charge in [0.2, 0.25) is 17.7 Å². The zero-order chi connectivity index (χ0) is 50.6. The molecule has 1 fully saturated rings. The van der Waals surface area contributed by atoms with Crippen molar-refractivity contribution in [1.29, 1.82) is 0 Å². The minimum absolute atomic E-state index is 0.0338. The summed E-state index contributed by atoms with van der Waals surface area (Å²) in [6, 6.07) is 18.3. The van der Waals surface area contributed by atoms with Gasteiger partial charge in [0, 0.05) is 96.0 Å². The van der Waals surface area contributed by atoms with E-state index in [9.17, 15) is 9.59 Å². The lowest BCUT2D eigenvalue weighted by Crippen LogP contribution is -2.47. The fraction of sp³-hybridized carbons (Fsp3) is 0.492. The zero-order valence-electron chi connectivity index (χ0n) is 43.4. The van der Waals surface area contributed by atoms with Crippen LogP contribution in [0.25, 0.3) is 44.1 Å². The fourth-order valence-electron chi connectivity index (χ4n) is 11.8. The van der Waals surface area contributed by atoms with Gasteiger partial charge < -0.3 is 19.1 Å². The van der Waals surface area contributed by atoms with E-state index >= 15 is 0 Å². The summed E-state index contributed by atoms with van der Waals surface area (Å²) in [7, 11) is 6.13. The van der Waals surface area contributed by atoms with E-state index in [4.69, 9.17) is 40.8 Å². The van der Waals surface area contributed by atoms with Gasteiger partial charge in [-0.15, -0.1) is 0 Å². The van der Waals surface area contributed by atoms with Crippen LogP contribution in [0.2, 0.25) is 5.02 Å². The molecule has 2 atom stereocenters. The molecule has 4 aromatic heterocycles. The van der Waals surface area contributed by atoms with Crippen LogP contribution >= 0.6 is 11.6 Å². The van der Waals surface area contributed by atoms with Crippen LogP contribution in [0.15, 0.2) is 79.4 Å². The van der Waals surface area contributed by atoms with Gasteiger partial charge in [-0.2, -0.15) is 0 Å². The first kappa shape index (κ1) is 51.4. The standard InChI is InChI=1S/C59H72ClN7O5/c1-8-20-58(21-10-13-39(3)4)54-44(30-40(9-2)56(58)68)36-61-49-17-14-41(31-46(49)54)42-15-18-52(63-34-42)72-27-12-25-66(7)38-67-51-37-62-50-33-48(60)45(43-16-19-53(64-35-43)71-26-11-24-65(5)6)32-47(50)55(51)59(57(67)69)22-28-70-29-23-59/h14-19,31-37,39-40H,8-13,20-30,38H2,1-7H3. The number of carbonyl (C=O) groups excluding carboxylic acids is 2. The molecule has 0 saturated carbocycles. The van der Waals surface area contributed by atoms with E-state index < -0.39 is 10.8 Å². The number of benzene rings is 2. The Morgan fingerprint density at radius 1 is 0.764 bits per heavy atom. The lowest BCUT2D eigenvalue weighted by atomic mass is 9.60. The molecule has 12 nitrogen and oxygen atoms in total. The number of hydrogen-bond acceptors (Lipinski definition) is 11. The van der Waals surface area contributed by atoms with Crippen LogP contribution in [0.4, 0.5) is 5.69 Å². The number of ketones is 1. The van der Waals surface area contributed by atoms with Crippen LogP contribution in [-0.4, -0.2) is 109 Å². The van der Waals surface area contributed by atoms with Crippen molar-refractivity contribution in [2.45, 2.75) is 109 Å². The summed E-state index contributed by atoms with van der Waals surface area (Å²) in [5.74, 6) is 2.27. The highest BCUT2D eigenvalue weighted by Crippen LogP contribution is 2.52. The first-order chi connectivity index (χ1) is 34.8. The number of Topliss-reactive ketones (excluding diaryl/α,β-unsaturated/α-hetero) is 1. The maximum atomic E-state index is 14.8. The predicted molar refractivity (Wildman–Crippen MR) is 288 cm³/mol. The maximum absolute atomic E-state index is 14.8. The summed E-state index contributed by atoms with van der Waals surface area (Å²) in [5, 5.41) is 2.58. The highest BCUT2D eigenvalue weighted by atomic mass is 35.5. The monoisotopic (exact) mass is 994 g/mol. The Hall–Kier alpha value is -5.53. The van der Waals surface area contributed by atoms with Crippen LogP contribution < -0.4 is 14.4 Å². The molecule has 1 saturated heterocycles. The molecular weight excluding hydrogens is 922 g/mol. The Bertz CT molecular complexity index is 2890. The average Bonchev–Trinajstić information content (AvgIpc) is 3.59. The van der Waals surface area contributed by atoms with E-state index in [2.05, 4.69) is 72.8 Å². The molecule has 1 spiro atoms. The van der Waals surface area contributed by atoms with Gasteiger partial charge in [0.05, 0.1) is 58.7 Å². The average molecular weight is 995 g/mol. The molecule has 0 bridgehead atoms. The van der Waals surface area contributed by atoms with Gasteiger partial charge in [0.15, 0.2) is 0 Å². The van der Waals surface area contributed by atoms with E-state index in [1.54, 1.807) is 6.20 Å². The van der Waals surface area contributed by atoms with E-state index in [1.807, 2.05) is 68.9 Å². The molecule has 2 aliphatic heterocycles. The fourth-order valence-corrected chi connectivity index (χ4v) is 12.0. The van der Waals surface area contributed by atoms with E-state index in [1.165, 1.54) is 11.1 Å². The van der Waals surface area contributed by atoms with Crippen molar-refractivity contribution < 1.29 is 23.8 Å². The second-order valence-electron chi connectivity index (χ2n) is 21.2. The third kappa shape index (κ3) is 10.3. The van der Waals surface area contributed by atoms with E-state index in [-0.39, 0.29) is 11.8 Å². The Kier molecular flexibility index (Phi) is 15.9. The number of aromatic nitrogens is 4. The number of hydrogen-bond donors (Lipinski definition) is 0. The Balaban J connectivity index is 0.873. The van der Waals surface area contributed by atoms with Gasteiger partial charge in [-0.1, -0.05) is 64.6 Å². The third-order valence-corrected chi connectivity index (χ3v) is 15.7. The van der Waals surface area contributed by atoms with Crippen LogP contribution in [0, 0.1) is 11.8 Å². The second kappa shape index (κ2) is 22.3. The maximum Gasteiger partial charge on any atom is 0.239 e. The highest BCUT2D eigenvalue weighted by molar-refractivity contribution is 6.34. The number of fused-ring (bicyclic) bond motifs is 7. The second-order valence-corrected chi connectivity index (χ2v) is 21.6. The summed E-state index contributed by atoms with van der Waals surface area (Å²) in [6.45, 7) is 13.0. The van der Waals surface area contributed by atoms with Gasteiger partial charge in [0.1, 0.15) is 5.78 Å². The number of carbonyl (C=O) groups is 2. The van der Waals surface area contributed by atoms with Crippen molar-refractivity contribution in [2.75, 3.05) is 72.2 Å². The number of rotatable bonds is 21. The number of ether oxygens (including phenoxy) is 3. The quantitative estimate of drug-likeness (QED) is 0.0640. The predicted octanol–water partition coefficient (Wildman–Crippen LogP) is 11.7. The normalized spacial score (nSPS) is 18.5. The largest absolute Gasteiger partial charge is 0.478 e. The first-order valence-corrected chi connectivity index (χ1v) is 26.7. The molecule has 0 radical (unpaired) electrons.